The maximum Gasteiger partial charge on any atom is 0.329 e. The highest BCUT2D eigenvalue weighted by Crippen LogP contribution is 2.31. The average molecular weight is 300 g/mol. The molecule has 1 N–H and O–H groups in total. The molecule has 0 bridgehead atoms. The van der Waals surface area contributed by atoms with Gasteiger partial charge in [0.1, 0.15) is 5.54 Å². The molecule has 0 spiro atoms. The van der Waals surface area contributed by atoms with Crippen LogP contribution in [-0.4, -0.2) is 39.0 Å². The summed E-state index contributed by atoms with van der Waals surface area (Å²) in [5.41, 5.74) is 0.162. The summed E-state index contributed by atoms with van der Waals surface area (Å²) >= 11 is 0. The Morgan fingerprint density at radius 1 is 1.32 bits per heavy atom. The molecule has 1 aliphatic rings. The minimum absolute atomic E-state index is 0.258. The molecule has 0 aliphatic carbocycles. The molecule has 1 fully saturated rings. The SMILES string of the molecule is CC1(C(=O)O)CCCN1C(=O)c1ccc(-c2cnco2)cc1. The molecule has 114 valence electrons. The molecule has 1 atom stereocenters. The van der Waals surface area contributed by atoms with E-state index in [9.17, 15) is 14.7 Å². The van der Waals surface area contributed by atoms with Crippen LogP contribution < -0.4 is 0 Å². The molecule has 2 aromatic rings. The minimum Gasteiger partial charge on any atom is -0.480 e. The van der Waals surface area contributed by atoms with Crippen molar-refractivity contribution >= 4 is 11.9 Å². The lowest BCUT2D eigenvalue weighted by molar-refractivity contribution is -0.147. The van der Waals surface area contributed by atoms with Gasteiger partial charge in [0.05, 0.1) is 6.20 Å². The third kappa shape index (κ3) is 2.26. The van der Waals surface area contributed by atoms with E-state index >= 15 is 0 Å². The first-order valence-electron chi connectivity index (χ1n) is 7.07. The predicted molar refractivity (Wildman–Crippen MR) is 78.3 cm³/mol. The van der Waals surface area contributed by atoms with E-state index < -0.39 is 11.5 Å². The summed E-state index contributed by atoms with van der Waals surface area (Å²) in [6, 6.07) is 6.89. The summed E-state index contributed by atoms with van der Waals surface area (Å²) in [5, 5.41) is 9.39. The highest BCUT2D eigenvalue weighted by Gasteiger charge is 2.46. The molecule has 6 heteroatoms. The predicted octanol–water partition coefficient (Wildman–Crippen LogP) is 2.42. The summed E-state index contributed by atoms with van der Waals surface area (Å²) in [4.78, 5) is 29.4. The molecule has 1 saturated heterocycles. The van der Waals surface area contributed by atoms with Crippen LogP contribution in [0.4, 0.5) is 0 Å². The van der Waals surface area contributed by atoms with E-state index in [4.69, 9.17) is 4.42 Å². The van der Waals surface area contributed by atoms with Gasteiger partial charge in [-0.3, -0.25) is 4.79 Å². The van der Waals surface area contributed by atoms with Crippen LogP contribution in [0.3, 0.4) is 0 Å². The average Bonchev–Trinajstić information content (AvgIpc) is 3.17. The van der Waals surface area contributed by atoms with Crippen molar-refractivity contribution in [3.63, 3.8) is 0 Å². The maximum atomic E-state index is 12.6. The van der Waals surface area contributed by atoms with Gasteiger partial charge in [0.15, 0.2) is 12.2 Å². The molecule has 1 amide bonds. The van der Waals surface area contributed by atoms with Crippen molar-refractivity contribution in [1.29, 1.82) is 0 Å². The lowest BCUT2D eigenvalue weighted by Gasteiger charge is -2.31. The molecule has 22 heavy (non-hydrogen) atoms. The van der Waals surface area contributed by atoms with Gasteiger partial charge in [-0.15, -0.1) is 0 Å². The Morgan fingerprint density at radius 3 is 2.64 bits per heavy atom. The number of carbonyl (C=O) groups is 2. The Bertz CT molecular complexity index is 693. The zero-order chi connectivity index (χ0) is 15.7. The third-order valence-electron chi connectivity index (χ3n) is 4.20. The first-order valence-corrected chi connectivity index (χ1v) is 7.07. The third-order valence-corrected chi connectivity index (χ3v) is 4.20. The number of oxazole rings is 1. The lowest BCUT2D eigenvalue weighted by Crippen LogP contribution is -2.50. The number of benzene rings is 1. The van der Waals surface area contributed by atoms with Gasteiger partial charge in [-0.2, -0.15) is 0 Å². The van der Waals surface area contributed by atoms with Gasteiger partial charge in [0.2, 0.25) is 0 Å². The van der Waals surface area contributed by atoms with Crippen molar-refractivity contribution in [2.24, 2.45) is 0 Å². The second-order valence-corrected chi connectivity index (χ2v) is 5.58. The van der Waals surface area contributed by atoms with Gasteiger partial charge in [-0.1, -0.05) is 12.1 Å². The van der Waals surface area contributed by atoms with Gasteiger partial charge in [0.25, 0.3) is 5.91 Å². The van der Waals surface area contributed by atoms with Crippen LogP contribution in [0.15, 0.2) is 41.3 Å². The number of aliphatic carboxylic acids is 1. The van der Waals surface area contributed by atoms with E-state index in [1.54, 1.807) is 37.4 Å². The first-order chi connectivity index (χ1) is 10.5. The number of hydrogen-bond donors (Lipinski definition) is 1. The largest absolute Gasteiger partial charge is 0.480 e. The number of hydrogen-bond acceptors (Lipinski definition) is 4. The molecular weight excluding hydrogens is 284 g/mol. The number of carbonyl (C=O) groups excluding carboxylic acids is 1. The van der Waals surface area contributed by atoms with Gasteiger partial charge in [0, 0.05) is 17.7 Å². The van der Waals surface area contributed by atoms with Crippen LogP contribution >= 0.6 is 0 Å². The quantitative estimate of drug-likeness (QED) is 0.941. The number of nitrogens with zero attached hydrogens (tertiary/aromatic N) is 2. The topological polar surface area (TPSA) is 83.6 Å². The lowest BCUT2D eigenvalue weighted by atomic mass is 9.98. The normalized spacial score (nSPS) is 21.0. The van der Waals surface area contributed by atoms with E-state index in [1.165, 1.54) is 11.3 Å². The molecular formula is C16H16N2O4. The zero-order valence-corrected chi connectivity index (χ0v) is 12.2. The molecule has 1 aromatic heterocycles. The fraction of sp³-hybridized carbons (Fsp3) is 0.312. The minimum atomic E-state index is -1.12. The fourth-order valence-corrected chi connectivity index (χ4v) is 2.80. The Labute approximate surface area is 127 Å². The van der Waals surface area contributed by atoms with Crippen LogP contribution in [0.1, 0.15) is 30.1 Å². The molecule has 3 rings (SSSR count). The molecule has 0 radical (unpaired) electrons. The van der Waals surface area contributed by atoms with Crippen LogP contribution in [0.2, 0.25) is 0 Å². The first kappa shape index (κ1) is 14.3. The Morgan fingerprint density at radius 2 is 2.05 bits per heavy atom. The standard InChI is InChI=1S/C16H16N2O4/c1-16(15(20)21)7-2-8-18(16)14(19)12-5-3-11(4-6-12)13-9-17-10-22-13/h3-6,9-10H,2,7-8H2,1H3,(H,20,21). The van der Waals surface area contributed by atoms with Gasteiger partial charge >= 0.3 is 5.97 Å². The highest BCUT2D eigenvalue weighted by atomic mass is 16.4. The van der Waals surface area contributed by atoms with Crippen molar-refractivity contribution in [2.45, 2.75) is 25.3 Å². The van der Waals surface area contributed by atoms with Gasteiger partial charge in [-0.05, 0) is 31.9 Å². The fourth-order valence-electron chi connectivity index (χ4n) is 2.80. The van der Waals surface area contributed by atoms with Crippen LogP contribution in [0.25, 0.3) is 11.3 Å². The number of carboxylic acid groups (broad SMARTS) is 1. The van der Waals surface area contributed by atoms with E-state index in [0.29, 0.717) is 30.7 Å². The van der Waals surface area contributed by atoms with Gasteiger partial charge < -0.3 is 14.4 Å². The van der Waals surface area contributed by atoms with E-state index in [1.807, 2.05) is 0 Å². The second-order valence-electron chi connectivity index (χ2n) is 5.58. The van der Waals surface area contributed by atoms with E-state index in [0.717, 1.165) is 5.56 Å². The zero-order valence-electron chi connectivity index (χ0n) is 12.2. The molecule has 1 aromatic carbocycles. The number of carboxylic acids is 1. The van der Waals surface area contributed by atoms with Crippen molar-refractivity contribution in [2.75, 3.05) is 6.54 Å². The summed E-state index contributed by atoms with van der Waals surface area (Å²) in [5.74, 6) is -0.598. The molecule has 2 heterocycles. The van der Waals surface area contributed by atoms with E-state index in [2.05, 4.69) is 4.98 Å². The Hall–Kier alpha value is -2.63. The summed E-state index contributed by atoms with van der Waals surface area (Å²) in [7, 11) is 0. The van der Waals surface area contributed by atoms with Gasteiger partial charge in [-0.25, -0.2) is 9.78 Å². The number of rotatable bonds is 3. The van der Waals surface area contributed by atoms with Crippen molar-refractivity contribution in [1.82, 2.24) is 9.88 Å². The molecule has 0 saturated carbocycles. The molecule has 6 nitrogen and oxygen atoms in total. The van der Waals surface area contributed by atoms with Crippen LogP contribution in [0, 0.1) is 0 Å². The maximum absolute atomic E-state index is 12.6. The van der Waals surface area contributed by atoms with Crippen molar-refractivity contribution in [3.8, 4) is 11.3 Å². The van der Waals surface area contributed by atoms with Crippen molar-refractivity contribution < 1.29 is 19.1 Å². The van der Waals surface area contributed by atoms with Crippen LogP contribution in [-0.2, 0) is 4.79 Å². The second kappa shape index (κ2) is 5.29. The van der Waals surface area contributed by atoms with Crippen LogP contribution in [0.5, 0.6) is 0 Å². The molecule has 1 aliphatic heterocycles. The summed E-state index contributed by atoms with van der Waals surface area (Å²) in [6.07, 6.45) is 4.12. The Balaban J connectivity index is 1.85. The highest BCUT2D eigenvalue weighted by molar-refractivity contribution is 5.98. The smallest absolute Gasteiger partial charge is 0.329 e. The van der Waals surface area contributed by atoms with E-state index in [-0.39, 0.29) is 5.91 Å². The Kier molecular flexibility index (Phi) is 3.44. The molecule has 1 unspecified atom stereocenters. The summed E-state index contributed by atoms with van der Waals surface area (Å²) < 4.78 is 5.20. The number of amides is 1. The monoisotopic (exact) mass is 300 g/mol. The summed E-state index contributed by atoms with van der Waals surface area (Å²) in [6.45, 7) is 2.06. The number of aromatic nitrogens is 1. The number of likely N-dealkylation sites (tertiary alicyclic amines) is 1. The van der Waals surface area contributed by atoms with Crippen molar-refractivity contribution in [3.05, 3.63) is 42.4 Å².